The maximum atomic E-state index is 13.5. The van der Waals surface area contributed by atoms with Crippen molar-refractivity contribution in [3.63, 3.8) is 0 Å². The van der Waals surface area contributed by atoms with Gasteiger partial charge in [0, 0.05) is 31.7 Å². The van der Waals surface area contributed by atoms with Gasteiger partial charge in [0.25, 0.3) is 0 Å². The predicted octanol–water partition coefficient (Wildman–Crippen LogP) is 4.62. The standard InChI is InChI=1S/C27H28N2O2/c1-21-9-8-14-25(17-21)29-20-24(18-26(29)30)27(31)28(19-23-12-6-3-7-13-23)16-15-22-10-4-2-5-11-22/h2-14,17,24H,15-16,18-20H2,1H3. The summed E-state index contributed by atoms with van der Waals surface area (Å²) in [6.45, 7) is 3.64. The van der Waals surface area contributed by atoms with E-state index in [0.29, 0.717) is 19.6 Å². The van der Waals surface area contributed by atoms with E-state index in [9.17, 15) is 9.59 Å². The molecule has 1 fully saturated rings. The number of benzene rings is 3. The summed E-state index contributed by atoms with van der Waals surface area (Å²) in [5.74, 6) is -0.234. The largest absolute Gasteiger partial charge is 0.338 e. The molecule has 1 saturated heterocycles. The predicted molar refractivity (Wildman–Crippen MR) is 124 cm³/mol. The van der Waals surface area contributed by atoms with Crippen molar-refractivity contribution >= 4 is 17.5 Å². The summed E-state index contributed by atoms with van der Waals surface area (Å²) in [6, 6.07) is 28.2. The molecule has 1 aliphatic heterocycles. The Morgan fingerprint density at radius 2 is 1.61 bits per heavy atom. The lowest BCUT2D eigenvalue weighted by Gasteiger charge is -2.26. The highest BCUT2D eigenvalue weighted by atomic mass is 16.2. The van der Waals surface area contributed by atoms with Crippen molar-refractivity contribution in [1.82, 2.24) is 4.90 Å². The number of carbonyl (C=O) groups excluding carboxylic acids is 2. The van der Waals surface area contributed by atoms with Crippen molar-refractivity contribution in [2.75, 3.05) is 18.0 Å². The van der Waals surface area contributed by atoms with Crippen molar-refractivity contribution in [2.24, 2.45) is 5.92 Å². The molecule has 4 rings (SSSR count). The molecular formula is C27H28N2O2. The van der Waals surface area contributed by atoms with Crippen LogP contribution >= 0.6 is 0 Å². The van der Waals surface area contributed by atoms with E-state index in [0.717, 1.165) is 23.2 Å². The number of hydrogen-bond donors (Lipinski definition) is 0. The molecule has 0 radical (unpaired) electrons. The number of nitrogens with zero attached hydrogens (tertiary/aromatic N) is 2. The van der Waals surface area contributed by atoms with Crippen LogP contribution in [0.25, 0.3) is 0 Å². The monoisotopic (exact) mass is 412 g/mol. The van der Waals surface area contributed by atoms with Gasteiger partial charge in [-0.15, -0.1) is 0 Å². The minimum Gasteiger partial charge on any atom is -0.338 e. The van der Waals surface area contributed by atoms with E-state index >= 15 is 0 Å². The normalized spacial score (nSPS) is 15.8. The maximum Gasteiger partial charge on any atom is 0.228 e. The first-order chi connectivity index (χ1) is 15.1. The molecule has 3 aromatic rings. The fraction of sp³-hybridized carbons (Fsp3) is 0.259. The Balaban J connectivity index is 1.50. The second kappa shape index (κ2) is 9.61. The smallest absolute Gasteiger partial charge is 0.228 e. The van der Waals surface area contributed by atoms with Gasteiger partial charge in [-0.3, -0.25) is 9.59 Å². The molecular weight excluding hydrogens is 384 g/mol. The summed E-state index contributed by atoms with van der Waals surface area (Å²) in [5.41, 5.74) is 4.29. The summed E-state index contributed by atoms with van der Waals surface area (Å²) in [7, 11) is 0. The topological polar surface area (TPSA) is 40.6 Å². The van der Waals surface area contributed by atoms with Crippen molar-refractivity contribution in [2.45, 2.75) is 26.3 Å². The molecule has 1 heterocycles. The Morgan fingerprint density at radius 3 is 2.29 bits per heavy atom. The summed E-state index contributed by atoms with van der Waals surface area (Å²) < 4.78 is 0. The van der Waals surface area contributed by atoms with E-state index in [1.165, 1.54) is 5.56 Å². The summed E-state index contributed by atoms with van der Waals surface area (Å²) in [4.78, 5) is 29.9. The van der Waals surface area contributed by atoms with Gasteiger partial charge < -0.3 is 9.80 Å². The van der Waals surface area contributed by atoms with Gasteiger partial charge in [-0.2, -0.15) is 0 Å². The zero-order chi connectivity index (χ0) is 21.6. The van der Waals surface area contributed by atoms with Crippen LogP contribution in [0.2, 0.25) is 0 Å². The number of carbonyl (C=O) groups is 2. The average Bonchev–Trinajstić information content (AvgIpc) is 3.19. The Bertz CT molecular complexity index is 1030. The third kappa shape index (κ3) is 5.21. The lowest BCUT2D eigenvalue weighted by Crippen LogP contribution is -2.38. The van der Waals surface area contributed by atoms with Crippen LogP contribution in [0, 0.1) is 12.8 Å². The van der Waals surface area contributed by atoms with Gasteiger partial charge in [0.2, 0.25) is 11.8 Å². The molecule has 0 saturated carbocycles. The number of amides is 2. The number of hydrogen-bond acceptors (Lipinski definition) is 2. The van der Waals surface area contributed by atoms with Gasteiger partial charge in [0.05, 0.1) is 5.92 Å². The summed E-state index contributed by atoms with van der Waals surface area (Å²) in [6.07, 6.45) is 1.06. The molecule has 1 aliphatic rings. The molecule has 4 nitrogen and oxygen atoms in total. The minimum atomic E-state index is -0.313. The van der Waals surface area contributed by atoms with Crippen LogP contribution < -0.4 is 4.90 Å². The number of rotatable bonds is 7. The highest BCUT2D eigenvalue weighted by molar-refractivity contribution is 6.00. The zero-order valence-corrected chi connectivity index (χ0v) is 17.9. The van der Waals surface area contributed by atoms with E-state index in [4.69, 9.17) is 0 Å². The second-order valence-electron chi connectivity index (χ2n) is 8.23. The highest BCUT2D eigenvalue weighted by Crippen LogP contribution is 2.27. The van der Waals surface area contributed by atoms with Crippen LogP contribution in [0.1, 0.15) is 23.1 Å². The van der Waals surface area contributed by atoms with Gasteiger partial charge in [-0.1, -0.05) is 72.8 Å². The highest BCUT2D eigenvalue weighted by Gasteiger charge is 2.37. The maximum absolute atomic E-state index is 13.5. The zero-order valence-electron chi connectivity index (χ0n) is 17.9. The first kappa shape index (κ1) is 20.9. The lowest BCUT2D eigenvalue weighted by molar-refractivity contribution is -0.136. The third-order valence-electron chi connectivity index (χ3n) is 5.83. The molecule has 158 valence electrons. The first-order valence-electron chi connectivity index (χ1n) is 10.8. The van der Waals surface area contributed by atoms with Gasteiger partial charge >= 0.3 is 0 Å². The fourth-order valence-corrected chi connectivity index (χ4v) is 4.16. The van der Waals surface area contributed by atoms with Crippen molar-refractivity contribution < 1.29 is 9.59 Å². The molecule has 0 aliphatic carbocycles. The quantitative estimate of drug-likeness (QED) is 0.568. The Morgan fingerprint density at radius 1 is 0.935 bits per heavy atom. The van der Waals surface area contributed by atoms with Gasteiger partial charge in [-0.05, 0) is 42.2 Å². The van der Waals surface area contributed by atoms with Crippen molar-refractivity contribution in [1.29, 1.82) is 0 Å². The lowest BCUT2D eigenvalue weighted by atomic mass is 10.1. The van der Waals surface area contributed by atoms with Crippen LogP contribution in [0.5, 0.6) is 0 Å². The van der Waals surface area contributed by atoms with Gasteiger partial charge in [-0.25, -0.2) is 0 Å². The molecule has 0 N–H and O–H groups in total. The minimum absolute atomic E-state index is 0.0201. The second-order valence-corrected chi connectivity index (χ2v) is 8.23. The van der Waals surface area contributed by atoms with Crippen LogP contribution in [-0.2, 0) is 22.6 Å². The van der Waals surface area contributed by atoms with Crippen molar-refractivity contribution in [3.8, 4) is 0 Å². The Labute approximate surface area is 184 Å². The molecule has 4 heteroatoms. The molecule has 2 amide bonds. The van der Waals surface area contributed by atoms with Crippen LogP contribution in [-0.4, -0.2) is 29.8 Å². The number of aryl methyl sites for hydroxylation is 1. The summed E-state index contributed by atoms with van der Waals surface area (Å²) >= 11 is 0. The fourth-order valence-electron chi connectivity index (χ4n) is 4.16. The molecule has 31 heavy (non-hydrogen) atoms. The third-order valence-corrected chi connectivity index (χ3v) is 5.83. The molecule has 0 bridgehead atoms. The van der Waals surface area contributed by atoms with Crippen molar-refractivity contribution in [3.05, 3.63) is 102 Å². The first-order valence-corrected chi connectivity index (χ1v) is 10.8. The van der Waals surface area contributed by atoms with Gasteiger partial charge in [0.15, 0.2) is 0 Å². The van der Waals surface area contributed by atoms with E-state index in [2.05, 4.69) is 12.1 Å². The SMILES string of the molecule is Cc1cccc(N2CC(C(=O)N(CCc3ccccc3)Cc3ccccc3)CC2=O)c1. The van der Waals surface area contributed by atoms with E-state index in [1.807, 2.05) is 84.6 Å². The molecule has 1 atom stereocenters. The molecule has 3 aromatic carbocycles. The Kier molecular flexibility index (Phi) is 6.46. The molecule has 1 unspecified atom stereocenters. The molecule has 0 aromatic heterocycles. The van der Waals surface area contributed by atoms with E-state index in [1.54, 1.807) is 4.90 Å². The Hall–Kier alpha value is -3.40. The van der Waals surface area contributed by atoms with Crippen LogP contribution in [0.3, 0.4) is 0 Å². The van der Waals surface area contributed by atoms with Crippen LogP contribution in [0.15, 0.2) is 84.9 Å². The van der Waals surface area contributed by atoms with E-state index < -0.39 is 0 Å². The average molecular weight is 413 g/mol. The molecule has 0 spiro atoms. The van der Waals surface area contributed by atoms with Crippen LogP contribution in [0.4, 0.5) is 5.69 Å². The summed E-state index contributed by atoms with van der Waals surface area (Å²) in [5, 5.41) is 0. The van der Waals surface area contributed by atoms with Gasteiger partial charge in [0.1, 0.15) is 0 Å². The van der Waals surface area contributed by atoms with E-state index in [-0.39, 0.29) is 24.2 Å². The number of anilines is 1.